The molecule has 2 aromatic heterocycles. The highest BCUT2D eigenvalue weighted by Crippen LogP contribution is 2.33. The standard InChI is InChI=1S/C24H26F3N5OS/c25-24(26,27)16-32-22-3-1-2-21(31-19-6-10-34(33)11-7-19)20(22)12-23(32)18(13-28)15-30-14-17-4-8-29-9-5-17/h1-5,8-9,12-13,15,19,31H,6-7,10-11,14,16,28H2/b18-13+,30-15?. The van der Waals surface area contributed by atoms with Crippen LogP contribution in [0.1, 0.15) is 24.1 Å². The van der Waals surface area contributed by atoms with E-state index in [4.69, 9.17) is 5.73 Å². The number of rotatable bonds is 7. The highest BCUT2D eigenvalue weighted by molar-refractivity contribution is 7.85. The average molecular weight is 490 g/mol. The third-order valence-electron chi connectivity index (χ3n) is 5.76. The molecular formula is C24H26F3N5OS. The molecule has 3 N–H and O–H groups in total. The van der Waals surface area contributed by atoms with E-state index in [1.54, 1.807) is 30.6 Å². The lowest BCUT2D eigenvalue weighted by atomic mass is 10.1. The Morgan fingerprint density at radius 2 is 1.97 bits per heavy atom. The summed E-state index contributed by atoms with van der Waals surface area (Å²) in [5.41, 5.74) is 8.71. The number of allylic oxidation sites excluding steroid dienone is 1. The van der Waals surface area contributed by atoms with Gasteiger partial charge in [-0.1, -0.05) is 6.07 Å². The van der Waals surface area contributed by atoms with E-state index in [0.29, 0.717) is 40.2 Å². The summed E-state index contributed by atoms with van der Waals surface area (Å²) in [6.45, 7) is -0.789. The van der Waals surface area contributed by atoms with E-state index < -0.39 is 23.5 Å². The summed E-state index contributed by atoms with van der Waals surface area (Å²) in [6, 6.07) is 10.8. The molecule has 0 amide bonds. The zero-order chi connectivity index (χ0) is 24.1. The predicted octanol–water partition coefficient (Wildman–Crippen LogP) is 4.49. The first-order chi connectivity index (χ1) is 16.3. The second-order valence-corrected chi connectivity index (χ2v) is 9.88. The first kappa shape index (κ1) is 24.0. The number of hydrogen-bond acceptors (Lipinski definition) is 5. The summed E-state index contributed by atoms with van der Waals surface area (Å²) >= 11 is 0. The van der Waals surface area contributed by atoms with Crippen LogP contribution < -0.4 is 11.1 Å². The van der Waals surface area contributed by atoms with E-state index in [0.717, 1.165) is 24.1 Å². The van der Waals surface area contributed by atoms with Crippen LogP contribution in [0.5, 0.6) is 0 Å². The Kier molecular flexibility index (Phi) is 7.35. The van der Waals surface area contributed by atoms with Crippen molar-refractivity contribution in [2.75, 3.05) is 16.8 Å². The molecule has 1 saturated heterocycles. The van der Waals surface area contributed by atoms with Crippen molar-refractivity contribution in [2.24, 2.45) is 10.7 Å². The first-order valence-electron chi connectivity index (χ1n) is 11.0. The van der Waals surface area contributed by atoms with Crippen molar-refractivity contribution in [3.8, 4) is 0 Å². The quantitative estimate of drug-likeness (QED) is 0.479. The Morgan fingerprint density at radius 1 is 1.24 bits per heavy atom. The molecule has 0 bridgehead atoms. The van der Waals surface area contributed by atoms with Crippen LogP contribution in [0.4, 0.5) is 18.9 Å². The van der Waals surface area contributed by atoms with Gasteiger partial charge in [0.15, 0.2) is 0 Å². The molecular weight excluding hydrogens is 463 g/mol. The molecule has 1 aromatic carbocycles. The number of nitrogens with two attached hydrogens (primary N) is 1. The van der Waals surface area contributed by atoms with Crippen molar-refractivity contribution in [1.82, 2.24) is 9.55 Å². The van der Waals surface area contributed by atoms with Gasteiger partial charge in [-0.3, -0.25) is 14.2 Å². The fourth-order valence-electron chi connectivity index (χ4n) is 4.09. The molecule has 1 aliphatic rings. The van der Waals surface area contributed by atoms with Gasteiger partial charge in [0.25, 0.3) is 0 Å². The maximum absolute atomic E-state index is 13.5. The van der Waals surface area contributed by atoms with E-state index in [1.807, 2.05) is 18.2 Å². The molecule has 0 unspecified atom stereocenters. The second-order valence-electron chi connectivity index (χ2n) is 8.18. The lowest BCUT2D eigenvalue weighted by molar-refractivity contribution is -0.140. The van der Waals surface area contributed by atoms with Crippen LogP contribution in [-0.4, -0.2) is 43.7 Å². The number of aliphatic imine (C=N–C) groups is 1. The van der Waals surface area contributed by atoms with E-state index in [-0.39, 0.29) is 6.04 Å². The summed E-state index contributed by atoms with van der Waals surface area (Å²) in [7, 11) is -0.790. The minimum Gasteiger partial charge on any atom is -0.404 e. The number of benzene rings is 1. The highest BCUT2D eigenvalue weighted by Gasteiger charge is 2.30. The van der Waals surface area contributed by atoms with E-state index in [2.05, 4.69) is 15.3 Å². The fourth-order valence-corrected chi connectivity index (χ4v) is 5.39. The lowest BCUT2D eigenvalue weighted by Crippen LogP contribution is -2.29. The number of pyridine rings is 1. The molecule has 0 saturated carbocycles. The summed E-state index contributed by atoms with van der Waals surface area (Å²) in [5, 5.41) is 4.13. The number of nitrogens with one attached hydrogen (secondary N) is 1. The molecule has 1 fully saturated rings. The first-order valence-corrected chi connectivity index (χ1v) is 12.4. The van der Waals surface area contributed by atoms with Crippen LogP contribution >= 0.6 is 0 Å². The van der Waals surface area contributed by atoms with Gasteiger partial charge in [0.2, 0.25) is 0 Å². The topological polar surface area (TPSA) is 85.3 Å². The van der Waals surface area contributed by atoms with Gasteiger partial charge in [-0.05, 0) is 48.7 Å². The zero-order valence-electron chi connectivity index (χ0n) is 18.5. The molecule has 0 spiro atoms. The van der Waals surface area contributed by atoms with Crippen LogP contribution in [0, 0.1) is 0 Å². The smallest absolute Gasteiger partial charge is 0.404 e. The number of hydrogen-bond donors (Lipinski definition) is 2. The Hall–Kier alpha value is -3.14. The van der Waals surface area contributed by atoms with Crippen LogP contribution in [-0.2, 0) is 23.9 Å². The van der Waals surface area contributed by atoms with Crippen molar-refractivity contribution in [3.63, 3.8) is 0 Å². The van der Waals surface area contributed by atoms with E-state index in [1.165, 1.54) is 17.0 Å². The van der Waals surface area contributed by atoms with E-state index >= 15 is 0 Å². The zero-order valence-corrected chi connectivity index (χ0v) is 19.3. The maximum atomic E-state index is 13.5. The lowest BCUT2D eigenvalue weighted by Gasteiger charge is -2.24. The van der Waals surface area contributed by atoms with Gasteiger partial charge in [-0.15, -0.1) is 0 Å². The molecule has 0 radical (unpaired) electrons. The normalized spacial score (nSPS) is 19.7. The summed E-state index contributed by atoms with van der Waals surface area (Å²) in [6.07, 6.45) is 3.20. The molecule has 0 atom stereocenters. The van der Waals surface area contributed by atoms with Crippen molar-refractivity contribution in [1.29, 1.82) is 0 Å². The van der Waals surface area contributed by atoms with Gasteiger partial charge in [0, 0.05) is 69.8 Å². The summed E-state index contributed by atoms with van der Waals surface area (Å²) in [5.74, 6) is 1.25. The summed E-state index contributed by atoms with van der Waals surface area (Å²) in [4.78, 5) is 8.34. The predicted molar refractivity (Wildman–Crippen MR) is 131 cm³/mol. The SMILES string of the molecule is N/C=C(\C=NCc1ccncc1)c1cc2c(NC3CCS(=O)CC3)cccc2n1CC(F)(F)F. The molecule has 0 aliphatic carbocycles. The van der Waals surface area contributed by atoms with Crippen molar-refractivity contribution >= 4 is 39.2 Å². The monoisotopic (exact) mass is 489 g/mol. The van der Waals surface area contributed by atoms with Crippen LogP contribution in [0.25, 0.3) is 16.5 Å². The number of fused-ring (bicyclic) bond motifs is 1. The summed E-state index contributed by atoms with van der Waals surface area (Å²) < 4.78 is 53.5. The molecule has 6 nitrogen and oxygen atoms in total. The second kappa shape index (κ2) is 10.4. The Balaban J connectivity index is 1.69. The average Bonchev–Trinajstić information content (AvgIpc) is 3.16. The number of alkyl halides is 3. The molecule has 34 heavy (non-hydrogen) atoms. The molecule has 3 aromatic rings. The molecule has 3 heterocycles. The van der Waals surface area contributed by atoms with E-state index in [9.17, 15) is 17.4 Å². The number of aromatic nitrogens is 2. The van der Waals surface area contributed by atoms with Gasteiger partial charge in [0.1, 0.15) is 6.54 Å². The van der Waals surface area contributed by atoms with Gasteiger partial charge in [-0.25, -0.2) is 0 Å². The largest absolute Gasteiger partial charge is 0.406 e. The van der Waals surface area contributed by atoms with Crippen molar-refractivity contribution < 1.29 is 17.4 Å². The third-order valence-corrected chi connectivity index (χ3v) is 7.14. The van der Waals surface area contributed by atoms with Crippen LogP contribution in [0.2, 0.25) is 0 Å². The Bertz CT molecular complexity index is 1210. The third kappa shape index (κ3) is 5.85. The number of anilines is 1. The maximum Gasteiger partial charge on any atom is 0.406 e. The number of halogens is 3. The van der Waals surface area contributed by atoms with Crippen molar-refractivity contribution in [3.05, 3.63) is 66.2 Å². The minimum absolute atomic E-state index is 0.129. The number of nitrogens with zero attached hydrogens (tertiary/aromatic N) is 3. The molecule has 180 valence electrons. The Morgan fingerprint density at radius 3 is 2.65 bits per heavy atom. The Labute approximate surface area is 198 Å². The highest BCUT2D eigenvalue weighted by atomic mass is 32.2. The van der Waals surface area contributed by atoms with Gasteiger partial charge >= 0.3 is 6.18 Å². The van der Waals surface area contributed by atoms with Crippen molar-refractivity contribution in [2.45, 2.75) is 38.1 Å². The molecule has 1 aliphatic heterocycles. The van der Waals surface area contributed by atoms with Gasteiger partial charge in [-0.2, -0.15) is 13.2 Å². The van der Waals surface area contributed by atoms with Gasteiger partial charge < -0.3 is 15.6 Å². The van der Waals surface area contributed by atoms with Crippen LogP contribution in [0.3, 0.4) is 0 Å². The molecule has 4 rings (SSSR count). The molecule has 10 heteroatoms. The van der Waals surface area contributed by atoms with Gasteiger partial charge in [0.05, 0.1) is 17.8 Å². The van der Waals surface area contributed by atoms with Crippen LogP contribution in [0.15, 0.2) is 60.0 Å². The fraction of sp³-hybridized carbons (Fsp3) is 0.333. The minimum atomic E-state index is -4.41.